The van der Waals surface area contributed by atoms with Gasteiger partial charge in [-0.1, -0.05) is 13.0 Å². The quantitative estimate of drug-likeness (QED) is 0.786. The Morgan fingerprint density at radius 1 is 1.30 bits per heavy atom. The zero-order chi connectivity index (χ0) is 15.0. The van der Waals surface area contributed by atoms with Crippen molar-refractivity contribution in [2.24, 2.45) is 0 Å². The third-order valence-electron chi connectivity index (χ3n) is 2.28. The van der Waals surface area contributed by atoms with Gasteiger partial charge in [0.15, 0.2) is 0 Å². The lowest BCUT2D eigenvalue weighted by Crippen LogP contribution is -2.27. The Kier molecular flexibility index (Phi) is 6.31. The molecule has 0 spiro atoms. The second-order valence-corrected chi connectivity index (χ2v) is 5.36. The van der Waals surface area contributed by atoms with E-state index in [1.54, 1.807) is 12.1 Å². The molecule has 112 valence electrons. The van der Waals surface area contributed by atoms with E-state index in [-0.39, 0.29) is 0 Å². The molecule has 0 bridgehead atoms. The van der Waals surface area contributed by atoms with Gasteiger partial charge in [0.1, 0.15) is 18.0 Å². The van der Waals surface area contributed by atoms with Crippen LogP contribution in [0.5, 0.6) is 5.75 Å². The first-order valence-corrected chi connectivity index (χ1v) is 6.84. The maximum absolute atomic E-state index is 11.7. The minimum absolute atomic E-state index is 0.470. The summed E-state index contributed by atoms with van der Waals surface area (Å²) in [4.78, 5) is 11.7. The maximum atomic E-state index is 11.7. The van der Waals surface area contributed by atoms with Crippen molar-refractivity contribution in [1.29, 1.82) is 0 Å². The molecule has 0 heterocycles. The third kappa shape index (κ3) is 6.99. The highest BCUT2D eigenvalue weighted by Crippen LogP contribution is 2.18. The summed E-state index contributed by atoms with van der Waals surface area (Å²) in [5.74, 6) is 0.719. The van der Waals surface area contributed by atoms with Crippen molar-refractivity contribution < 1.29 is 14.3 Å². The van der Waals surface area contributed by atoms with Crippen LogP contribution in [0.3, 0.4) is 0 Å². The summed E-state index contributed by atoms with van der Waals surface area (Å²) in [6.45, 7) is 9.82. The summed E-state index contributed by atoms with van der Waals surface area (Å²) in [7, 11) is 0. The largest absolute Gasteiger partial charge is 0.492 e. The van der Waals surface area contributed by atoms with Gasteiger partial charge < -0.3 is 14.8 Å². The van der Waals surface area contributed by atoms with Gasteiger partial charge in [0.25, 0.3) is 0 Å². The first kappa shape index (κ1) is 16.3. The molecule has 0 aromatic heterocycles. The Morgan fingerprint density at radius 2 is 2.05 bits per heavy atom. The zero-order valence-corrected chi connectivity index (χ0v) is 12.7. The lowest BCUT2D eigenvalue weighted by Gasteiger charge is -2.19. The predicted molar refractivity (Wildman–Crippen MR) is 80.3 cm³/mol. The molecule has 1 amide bonds. The number of hydrogen-bond acceptors (Lipinski definition) is 4. The van der Waals surface area contributed by atoms with Crippen LogP contribution in [0.1, 0.15) is 27.7 Å². The van der Waals surface area contributed by atoms with Crippen LogP contribution in [-0.2, 0) is 4.74 Å². The number of carbonyl (C=O) groups is 1. The minimum Gasteiger partial charge on any atom is -0.492 e. The number of ether oxygens (including phenoxy) is 2. The van der Waals surface area contributed by atoms with Crippen molar-refractivity contribution in [3.8, 4) is 5.75 Å². The van der Waals surface area contributed by atoms with Crippen LogP contribution in [0, 0.1) is 0 Å². The van der Waals surface area contributed by atoms with Crippen LogP contribution < -0.4 is 15.4 Å². The summed E-state index contributed by atoms with van der Waals surface area (Å²) < 4.78 is 10.8. The van der Waals surface area contributed by atoms with E-state index in [1.165, 1.54) is 0 Å². The first-order chi connectivity index (χ1) is 9.40. The summed E-state index contributed by atoms with van der Waals surface area (Å²) in [5, 5.41) is 5.86. The van der Waals surface area contributed by atoms with Gasteiger partial charge in [-0.2, -0.15) is 0 Å². The molecule has 0 aliphatic rings. The van der Waals surface area contributed by atoms with E-state index in [1.807, 2.05) is 39.8 Å². The fraction of sp³-hybridized carbons (Fsp3) is 0.533. The predicted octanol–water partition coefficient (Wildman–Crippen LogP) is 3.02. The van der Waals surface area contributed by atoms with E-state index >= 15 is 0 Å². The molecule has 0 aliphatic carbocycles. The smallest absolute Gasteiger partial charge is 0.412 e. The molecular weight excluding hydrogens is 256 g/mol. The molecule has 5 heteroatoms. The zero-order valence-electron chi connectivity index (χ0n) is 12.7. The molecule has 5 nitrogen and oxygen atoms in total. The van der Waals surface area contributed by atoms with Gasteiger partial charge in [-0.25, -0.2) is 4.79 Å². The molecule has 2 N–H and O–H groups in total. The summed E-state index contributed by atoms with van der Waals surface area (Å²) in [6, 6.07) is 7.25. The lowest BCUT2D eigenvalue weighted by molar-refractivity contribution is 0.0636. The van der Waals surface area contributed by atoms with Crippen LogP contribution in [0.2, 0.25) is 0 Å². The van der Waals surface area contributed by atoms with Crippen molar-refractivity contribution in [2.75, 3.05) is 25.0 Å². The minimum atomic E-state index is -0.510. The van der Waals surface area contributed by atoms with E-state index in [9.17, 15) is 4.79 Å². The van der Waals surface area contributed by atoms with E-state index < -0.39 is 11.7 Å². The summed E-state index contributed by atoms with van der Waals surface area (Å²) in [5.41, 5.74) is 0.143. The van der Waals surface area contributed by atoms with Gasteiger partial charge in [-0.15, -0.1) is 0 Å². The molecule has 0 atom stereocenters. The molecule has 1 rings (SSSR count). The Hall–Kier alpha value is -1.75. The van der Waals surface area contributed by atoms with Gasteiger partial charge in [0, 0.05) is 18.3 Å². The fourth-order valence-corrected chi connectivity index (χ4v) is 1.50. The van der Waals surface area contributed by atoms with Gasteiger partial charge >= 0.3 is 6.09 Å². The summed E-state index contributed by atoms with van der Waals surface area (Å²) in [6.07, 6.45) is -0.470. The summed E-state index contributed by atoms with van der Waals surface area (Å²) >= 11 is 0. The number of hydrogen-bond donors (Lipinski definition) is 2. The molecule has 0 unspecified atom stereocenters. The topological polar surface area (TPSA) is 59.6 Å². The molecule has 0 saturated carbocycles. The van der Waals surface area contributed by atoms with Gasteiger partial charge in [0.2, 0.25) is 0 Å². The van der Waals surface area contributed by atoms with Crippen LogP contribution in [0.15, 0.2) is 24.3 Å². The highest BCUT2D eigenvalue weighted by molar-refractivity contribution is 5.85. The number of rotatable bonds is 6. The SMILES string of the molecule is CCNCCOc1cccc(NC(=O)OC(C)(C)C)c1. The molecular formula is C15H24N2O3. The van der Waals surface area contributed by atoms with Crippen LogP contribution in [-0.4, -0.2) is 31.4 Å². The molecule has 0 saturated heterocycles. The van der Waals surface area contributed by atoms with Crippen molar-refractivity contribution >= 4 is 11.8 Å². The molecule has 1 aromatic rings. The van der Waals surface area contributed by atoms with E-state index in [0.29, 0.717) is 12.3 Å². The van der Waals surface area contributed by atoms with E-state index in [0.717, 1.165) is 18.8 Å². The lowest BCUT2D eigenvalue weighted by atomic mass is 10.2. The average Bonchev–Trinajstić information content (AvgIpc) is 2.32. The normalized spacial score (nSPS) is 11.0. The Labute approximate surface area is 120 Å². The third-order valence-corrected chi connectivity index (χ3v) is 2.28. The standard InChI is InChI=1S/C15H24N2O3/c1-5-16-9-10-19-13-8-6-7-12(11-13)17-14(18)20-15(2,3)4/h6-8,11,16H,5,9-10H2,1-4H3,(H,17,18). The highest BCUT2D eigenvalue weighted by atomic mass is 16.6. The van der Waals surface area contributed by atoms with Crippen LogP contribution in [0.25, 0.3) is 0 Å². The van der Waals surface area contributed by atoms with Gasteiger partial charge in [0.05, 0.1) is 0 Å². The molecule has 0 aliphatic heterocycles. The maximum Gasteiger partial charge on any atom is 0.412 e. The van der Waals surface area contributed by atoms with Gasteiger partial charge in [-0.05, 0) is 39.4 Å². The first-order valence-electron chi connectivity index (χ1n) is 6.84. The number of carbonyl (C=O) groups excluding carboxylic acids is 1. The number of anilines is 1. The number of likely N-dealkylation sites (N-methyl/N-ethyl adjacent to an activating group) is 1. The fourth-order valence-electron chi connectivity index (χ4n) is 1.50. The van der Waals surface area contributed by atoms with Crippen molar-refractivity contribution in [1.82, 2.24) is 5.32 Å². The van der Waals surface area contributed by atoms with Crippen molar-refractivity contribution in [2.45, 2.75) is 33.3 Å². The second-order valence-electron chi connectivity index (χ2n) is 5.36. The van der Waals surface area contributed by atoms with E-state index in [4.69, 9.17) is 9.47 Å². The van der Waals surface area contributed by atoms with Crippen LogP contribution >= 0.6 is 0 Å². The van der Waals surface area contributed by atoms with Crippen molar-refractivity contribution in [3.05, 3.63) is 24.3 Å². The van der Waals surface area contributed by atoms with Crippen molar-refractivity contribution in [3.63, 3.8) is 0 Å². The average molecular weight is 280 g/mol. The van der Waals surface area contributed by atoms with Crippen LogP contribution in [0.4, 0.5) is 10.5 Å². The van der Waals surface area contributed by atoms with E-state index in [2.05, 4.69) is 10.6 Å². The second kappa shape index (κ2) is 7.75. The highest BCUT2D eigenvalue weighted by Gasteiger charge is 2.16. The number of nitrogens with one attached hydrogen (secondary N) is 2. The monoisotopic (exact) mass is 280 g/mol. The molecule has 0 radical (unpaired) electrons. The number of amides is 1. The molecule has 20 heavy (non-hydrogen) atoms. The Balaban J connectivity index is 2.49. The number of benzene rings is 1. The Bertz CT molecular complexity index is 427. The molecule has 1 aromatic carbocycles. The Morgan fingerprint density at radius 3 is 2.70 bits per heavy atom. The molecule has 0 fully saturated rings. The van der Waals surface area contributed by atoms with Gasteiger partial charge in [-0.3, -0.25) is 5.32 Å².